The minimum absolute atomic E-state index is 0.0360. The summed E-state index contributed by atoms with van der Waals surface area (Å²) in [7, 11) is -1.50. The van der Waals surface area contributed by atoms with E-state index in [2.05, 4.69) is 10.6 Å². The Labute approximate surface area is 83.5 Å². The van der Waals surface area contributed by atoms with Crippen LogP contribution in [0, 0.1) is 0 Å². The van der Waals surface area contributed by atoms with Gasteiger partial charge in [-0.25, -0.2) is 8.42 Å². The van der Waals surface area contributed by atoms with Gasteiger partial charge < -0.3 is 5.32 Å². The molecule has 0 aromatic heterocycles. The van der Waals surface area contributed by atoms with Crippen LogP contribution in [0.15, 0.2) is 11.5 Å². The van der Waals surface area contributed by atoms with Gasteiger partial charge in [-0.15, -0.1) is 0 Å². The van der Waals surface area contributed by atoms with E-state index in [4.69, 9.17) is 0 Å². The fourth-order valence-electron chi connectivity index (χ4n) is 1.29. The third-order valence-corrected chi connectivity index (χ3v) is 3.43. The van der Waals surface area contributed by atoms with Gasteiger partial charge in [-0.2, -0.15) is 0 Å². The van der Waals surface area contributed by atoms with Crippen LogP contribution >= 0.6 is 0 Å². The van der Waals surface area contributed by atoms with Crippen LogP contribution in [0.5, 0.6) is 0 Å². The number of sulfone groups is 1. The van der Waals surface area contributed by atoms with Gasteiger partial charge in [-0.05, 0) is 6.92 Å². The van der Waals surface area contributed by atoms with Crippen molar-refractivity contribution < 1.29 is 13.2 Å². The third kappa shape index (κ3) is 2.81. The Morgan fingerprint density at radius 2 is 2.21 bits per heavy atom. The van der Waals surface area contributed by atoms with E-state index < -0.39 is 9.84 Å². The van der Waals surface area contributed by atoms with Gasteiger partial charge in [0.1, 0.15) is 0 Å². The molecule has 0 radical (unpaired) electrons. The minimum Gasteiger partial charge on any atom is -0.358 e. The Morgan fingerprint density at radius 1 is 1.57 bits per heavy atom. The maximum Gasteiger partial charge on any atom is 0.236 e. The van der Waals surface area contributed by atoms with E-state index in [9.17, 15) is 13.2 Å². The first kappa shape index (κ1) is 11.2. The molecule has 2 atom stereocenters. The normalized spacial score (nSPS) is 26.0. The molecule has 0 aromatic carbocycles. The number of rotatable bonds is 3. The predicted octanol–water partition coefficient (Wildman–Crippen LogP) is -0.979. The number of amides is 1. The van der Waals surface area contributed by atoms with Crippen molar-refractivity contribution in [3.05, 3.63) is 11.5 Å². The van der Waals surface area contributed by atoms with Gasteiger partial charge in [0, 0.05) is 18.5 Å². The summed E-state index contributed by atoms with van der Waals surface area (Å²) in [5.41, 5.74) is 0. The highest BCUT2D eigenvalue weighted by molar-refractivity contribution is 7.94. The Hall–Kier alpha value is -0.880. The van der Waals surface area contributed by atoms with Gasteiger partial charge in [0.25, 0.3) is 0 Å². The molecule has 2 unspecified atom stereocenters. The van der Waals surface area contributed by atoms with Crippen LogP contribution in [0.25, 0.3) is 0 Å². The smallest absolute Gasteiger partial charge is 0.236 e. The molecule has 0 spiro atoms. The first-order valence-corrected chi connectivity index (χ1v) is 6.05. The summed E-state index contributed by atoms with van der Waals surface area (Å²) >= 11 is 0. The second-order valence-electron chi connectivity index (χ2n) is 3.27. The second kappa shape index (κ2) is 4.10. The SMILES string of the molecule is CNC(=O)C(C)NC1C=CS(=O)(=O)C1. The van der Waals surface area contributed by atoms with Crippen LogP contribution in [0.2, 0.25) is 0 Å². The van der Waals surface area contributed by atoms with Crippen molar-refractivity contribution in [3.8, 4) is 0 Å². The van der Waals surface area contributed by atoms with E-state index in [1.807, 2.05) is 0 Å². The number of carbonyl (C=O) groups excluding carboxylic acids is 1. The molecule has 1 aliphatic rings. The van der Waals surface area contributed by atoms with E-state index in [1.165, 1.54) is 5.41 Å². The topological polar surface area (TPSA) is 75.3 Å². The van der Waals surface area contributed by atoms with E-state index >= 15 is 0 Å². The summed E-state index contributed by atoms with van der Waals surface area (Å²) in [6.07, 6.45) is 1.56. The molecule has 5 nitrogen and oxygen atoms in total. The predicted molar refractivity (Wildman–Crippen MR) is 53.4 cm³/mol. The van der Waals surface area contributed by atoms with Crippen molar-refractivity contribution in [2.75, 3.05) is 12.8 Å². The van der Waals surface area contributed by atoms with Crippen molar-refractivity contribution in [2.45, 2.75) is 19.0 Å². The molecule has 6 heteroatoms. The van der Waals surface area contributed by atoms with Gasteiger partial charge in [0.2, 0.25) is 5.91 Å². The summed E-state index contributed by atoms with van der Waals surface area (Å²) < 4.78 is 22.1. The zero-order chi connectivity index (χ0) is 10.8. The lowest BCUT2D eigenvalue weighted by Crippen LogP contribution is -2.45. The maximum absolute atomic E-state index is 11.1. The standard InChI is InChI=1S/C8H14N2O3S/c1-6(8(11)9-2)10-7-3-4-14(12,13)5-7/h3-4,6-7,10H,5H2,1-2H3,(H,9,11). The zero-order valence-corrected chi connectivity index (χ0v) is 8.97. The van der Waals surface area contributed by atoms with E-state index in [0.29, 0.717) is 0 Å². The minimum atomic E-state index is -3.05. The van der Waals surface area contributed by atoms with Gasteiger partial charge in [-0.3, -0.25) is 10.1 Å². The second-order valence-corrected chi connectivity index (χ2v) is 5.20. The Kier molecular flexibility index (Phi) is 3.28. The Balaban J connectivity index is 2.49. The van der Waals surface area contributed by atoms with Crippen molar-refractivity contribution in [2.24, 2.45) is 0 Å². The number of carbonyl (C=O) groups is 1. The van der Waals surface area contributed by atoms with Crippen LogP contribution in [0.1, 0.15) is 6.92 Å². The van der Waals surface area contributed by atoms with Crippen LogP contribution in [-0.4, -0.2) is 39.2 Å². The molecule has 1 aliphatic heterocycles. The molecule has 14 heavy (non-hydrogen) atoms. The summed E-state index contributed by atoms with van der Waals surface area (Å²) in [6, 6.07) is -0.643. The molecule has 0 saturated heterocycles. The lowest BCUT2D eigenvalue weighted by atomic mass is 10.2. The Morgan fingerprint density at radius 3 is 2.64 bits per heavy atom. The van der Waals surface area contributed by atoms with Crippen LogP contribution < -0.4 is 10.6 Å². The fourth-order valence-corrected chi connectivity index (χ4v) is 2.54. The molecule has 80 valence electrons. The fraction of sp³-hybridized carbons (Fsp3) is 0.625. The summed E-state index contributed by atoms with van der Waals surface area (Å²) in [5.74, 6) is -0.114. The lowest BCUT2D eigenvalue weighted by molar-refractivity contribution is -0.122. The third-order valence-electron chi connectivity index (χ3n) is 2.03. The maximum atomic E-state index is 11.1. The van der Waals surface area contributed by atoms with Gasteiger partial charge in [0.15, 0.2) is 9.84 Å². The molecule has 0 aromatic rings. The highest BCUT2D eigenvalue weighted by atomic mass is 32.2. The number of nitrogens with one attached hydrogen (secondary N) is 2. The first-order valence-electron chi connectivity index (χ1n) is 4.33. The summed E-state index contributed by atoms with van der Waals surface area (Å²) in [4.78, 5) is 11.1. The van der Waals surface area contributed by atoms with Crippen LogP contribution in [-0.2, 0) is 14.6 Å². The molecular weight excluding hydrogens is 204 g/mol. The quantitative estimate of drug-likeness (QED) is 0.638. The highest BCUT2D eigenvalue weighted by Gasteiger charge is 2.24. The molecule has 0 bridgehead atoms. The molecule has 0 aliphatic carbocycles. The van der Waals surface area contributed by atoms with Gasteiger partial charge in [-0.1, -0.05) is 6.08 Å². The molecular formula is C8H14N2O3S. The number of hydrogen-bond acceptors (Lipinski definition) is 4. The molecule has 1 rings (SSSR count). The molecule has 2 N–H and O–H groups in total. The van der Waals surface area contributed by atoms with Crippen molar-refractivity contribution in [1.82, 2.24) is 10.6 Å². The average Bonchev–Trinajstić information content (AvgIpc) is 2.44. The Bertz CT molecular complexity index is 348. The van der Waals surface area contributed by atoms with E-state index in [-0.39, 0.29) is 23.7 Å². The zero-order valence-electron chi connectivity index (χ0n) is 8.15. The molecule has 0 fully saturated rings. The molecule has 1 amide bonds. The largest absolute Gasteiger partial charge is 0.358 e. The van der Waals surface area contributed by atoms with Crippen LogP contribution in [0.3, 0.4) is 0 Å². The van der Waals surface area contributed by atoms with Crippen molar-refractivity contribution >= 4 is 15.7 Å². The monoisotopic (exact) mass is 218 g/mol. The average molecular weight is 218 g/mol. The molecule has 1 heterocycles. The summed E-state index contributed by atoms with van der Waals surface area (Å²) in [6.45, 7) is 1.69. The highest BCUT2D eigenvalue weighted by Crippen LogP contribution is 2.08. The number of likely N-dealkylation sites (N-methyl/N-ethyl adjacent to an activating group) is 1. The van der Waals surface area contributed by atoms with Gasteiger partial charge in [0.05, 0.1) is 11.8 Å². The van der Waals surface area contributed by atoms with Gasteiger partial charge >= 0.3 is 0 Å². The first-order chi connectivity index (χ1) is 6.44. The lowest BCUT2D eigenvalue weighted by Gasteiger charge is -2.15. The van der Waals surface area contributed by atoms with E-state index in [1.54, 1.807) is 20.0 Å². The van der Waals surface area contributed by atoms with E-state index in [0.717, 1.165) is 0 Å². The van der Waals surface area contributed by atoms with Crippen molar-refractivity contribution in [3.63, 3.8) is 0 Å². The van der Waals surface area contributed by atoms with Crippen LogP contribution in [0.4, 0.5) is 0 Å². The molecule has 0 saturated carbocycles. The summed E-state index contributed by atoms with van der Waals surface area (Å²) in [5, 5.41) is 6.57. The number of hydrogen-bond donors (Lipinski definition) is 2. The van der Waals surface area contributed by atoms with Crippen molar-refractivity contribution in [1.29, 1.82) is 0 Å².